The van der Waals surface area contributed by atoms with Crippen molar-refractivity contribution >= 4 is 34.8 Å². The Morgan fingerprint density at radius 1 is 1.00 bits per heavy atom. The van der Waals surface area contributed by atoms with Crippen molar-refractivity contribution in [2.45, 2.75) is 43.3 Å². The lowest BCUT2D eigenvalue weighted by Gasteiger charge is -2.15. The summed E-state index contributed by atoms with van der Waals surface area (Å²) in [4.78, 5) is 4.21. The number of hydrogen-bond acceptors (Lipinski definition) is 3. The third-order valence-electron chi connectivity index (χ3n) is 2.58. The van der Waals surface area contributed by atoms with Crippen LogP contribution in [0.3, 0.4) is 0 Å². The number of halogens is 3. The van der Waals surface area contributed by atoms with E-state index in [0.717, 1.165) is 25.7 Å². The smallest absolute Gasteiger partial charge is 0.232 e. The summed E-state index contributed by atoms with van der Waals surface area (Å²) in [6, 6.07) is 3.36. The summed E-state index contributed by atoms with van der Waals surface area (Å²) in [6.45, 7) is 5.39. The molecule has 1 aromatic heterocycles. The summed E-state index contributed by atoms with van der Waals surface area (Å²) in [5.74, 6) is 1.04. The molecule has 0 aliphatic heterocycles. The van der Waals surface area contributed by atoms with Crippen molar-refractivity contribution in [2.24, 2.45) is 0 Å². The number of rotatable bonds is 8. The van der Waals surface area contributed by atoms with Gasteiger partial charge in [0.2, 0.25) is 9.67 Å². The minimum atomic E-state index is -1.59. The van der Waals surface area contributed by atoms with Crippen LogP contribution in [0.2, 0.25) is 0 Å². The summed E-state index contributed by atoms with van der Waals surface area (Å²) < 4.78 is 9.61. The zero-order valence-corrected chi connectivity index (χ0v) is 14.1. The van der Waals surface area contributed by atoms with E-state index in [4.69, 9.17) is 44.3 Å². The first kappa shape index (κ1) is 17.7. The average molecular weight is 341 g/mol. The average Bonchev–Trinajstić information content (AvgIpc) is 2.38. The van der Waals surface area contributed by atoms with E-state index in [1.165, 1.54) is 0 Å². The van der Waals surface area contributed by atoms with Crippen molar-refractivity contribution in [3.63, 3.8) is 0 Å². The predicted molar refractivity (Wildman–Crippen MR) is 84.3 cm³/mol. The van der Waals surface area contributed by atoms with Crippen LogP contribution >= 0.6 is 34.8 Å². The maximum Gasteiger partial charge on any atom is 0.232 e. The first-order chi connectivity index (χ1) is 9.47. The lowest BCUT2D eigenvalue weighted by atomic mass is 10.3. The van der Waals surface area contributed by atoms with E-state index in [1.54, 1.807) is 12.1 Å². The number of unbranched alkanes of at least 4 members (excludes halogenated alkanes) is 2. The van der Waals surface area contributed by atoms with Crippen molar-refractivity contribution in [1.29, 1.82) is 0 Å². The Balaban J connectivity index is 2.84. The molecule has 1 heterocycles. The maximum atomic E-state index is 5.88. The lowest BCUT2D eigenvalue weighted by molar-refractivity contribution is 0.285. The van der Waals surface area contributed by atoms with Gasteiger partial charge in [0, 0.05) is 12.1 Å². The first-order valence-electron chi connectivity index (χ1n) is 6.82. The number of nitrogens with zero attached hydrogens (tertiary/aromatic N) is 1. The molecule has 0 N–H and O–H groups in total. The van der Waals surface area contributed by atoms with Gasteiger partial charge in [-0.3, -0.25) is 0 Å². The van der Waals surface area contributed by atoms with E-state index in [1.807, 2.05) is 0 Å². The number of pyridine rings is 1. The molecule has 0 atom stereocenters. The normalized spacial score (nSPS) is 11.4. The largest absolute Gasteiger partial charge is 0.493 e. The zero-order chi connectivity index (χ0) is 15.0. The fourth-order valence-electron chi connectivity index (χ4n) is 1.44. The van der Waals surface area contributed by atoms with Gasteiger partial charge in [-0.05, 0) is 12.8 Å². The Labute approximate surface area is 135 Å². The maximum absolute atomic E-state index is 5.88. The molecule has 0 bridgehead atoms. The molecule has 0 fully saturated rings. The van der Waals surface area contributed by atoms with Crippen LogP contribution in [-0.4, -0.2) is 18.2 Å². The van der Waals surface area contributed by atoms with Crippen LogP contribution in [0, 0.1) is 0 Å². The van der Waals surface area contributed by atoms with Crippen LogP contribution in [-0.2, 0) is 3.79 Å². The van der Waals surface area contributed by atoms with Crippen molar-refractivity contribution in [3.8, 4) is 11.6 Å². The van der Waals surface area contributed by atoms with E-state index in [2.05, 4.69) is 18.8 Å². The molecular formula is C14H20Cl3NO2. The molecule has 0 amide bonds. The van der Waals surface area contributed by atoms with Gasteiger partial charge in [-0.1, -0.05) is 61.5 Å². The fourth-order valence-corrected chi connectivity index (χ4v) is 1.73. The summed E-state index contributed by atoms with van der Waals surface area (Å²) >= 11 is 17.6. The standard InChI is InChI=1S/C14H20Cl3NO2/c1-3-5-7-19-11-9-12(14(15,16)17)18-13(10-11)20-8-6-4-2/h9-10H,3-8H2,1-2H3. The van der Waals surface area contributed by atoms with Crippen LogP contribution in [0.15, 0.2) is 12.1 Å². The van der Waals surface area contributed by atoms with Crippen LogP contribution in [0.5, 0.6) is 11.6 Å². The van der Waals surface area contributed by atoms with Crippen molar-refractivity contribution in [1.82, 2.24) is 4.98 Å². The Morgan fingerprint density at radius 2 is 1.60 bits per heavy atom. The van der Waals surface area contributed by atoms with Gasteiger partial charge in [-0.25, -0.2) is 4.98 Å². The van der Waals surface area contributed by atoms with Crippen LogP contribution < -0.4 is 9.47 Å². The van der Waals surface area contributed by atoms with Gasteiger partial charge in [0.05, 0.1) is 18.9 Å². The molecule has 0 unspecified atom stereocenters. The summed E-state index contributed by atoms with van der Waals surface area (Å²) in [5, 5.41) is 0. The molecule has 0 aliphatic rings. The Hall–Kier alpha value is -0.380. The second kappa shape index (κ2) is 8.81. The summed E-state index contributed by atoms with van der Waals surface area (Å²) in [5.41, 5.74) is 0.308. The molecule has 6 heteroatoms. The van der Waals surface area contributed by atoms with Crippen LogP contribution in [0.25, 0.3) is 0 Å². The zero-order valence-electron chi connectivity index (χ0n) is 11.8. The topological polar surface area (TPSA) is 31.4 Å². The molecule has 0 saturated heterocycles. The van der Waals surface area contributed by atoms with Crippen LogP contribution in [0.1, 0.15) is 45.2 Å². The molecule has 1 rings (SSSR count). The number of aromatic nitrogens is 1. The molecule has 0 aliphatic carbocycles. The molecule has 0 saturated carbocycles. The van der Waals surface area contributed by atoms with Gasteiger partial charge in [0.25, 0.3) is 0 Å². The second-order valence-corrected chi connectivity index (χ2v) is 6.71. The number of alkyl halides is 3. The molecule has 0 aromatic carbocycles. The highest BCUT2D eigenvalue weighted by atomic mass is 35.6. The lowest BCUT2D eigenvalue weighted by Crippen LogP contribution is -2.08. The van der Waals surface area contributed by atoms with E-state index in [-0.39, 0.29) is 0 Å². The van der Waals surface area contributed by atoms with Gasteiger partial charge in [-0.15, -0.1) is 0 Å². The SMILES string of the molecule is CCCCOc1cc(OCCCC)nc(C(Cl)(Cl)Cl)c1. The highest BCUT2D eigenvalue weighted by Gasteiger charge is 2.26. The van der Waals surface area contributed by atoms with E-state index >= 15 is 0 Å². The van der Waals surface area contributed by atoms with Crippen LogP contribution in [0.4, 0.5) is 0 Å². The predicted octanol–water partition coefficient (Wildman–Crippen LogP) is 5.27. The van der Waals surface area contributed by atoms with E-state index in [0.29, 0.717) is 30.5 Å². The third kappa shape index (κ3) is 6.38. The highest BCUT2D eigenvalue weighted by Crippen LogP contribution is 2.39. The Kier molecular flexibility index (Phi) is 7.78. The van der Waals surface area contributed by atoms with E-state index in [9.17, 15) is 0 Å². The molecule has 114 valence electrons. The van der Waals surface area contributed by atoms with Crippen molar-refractivity contribution < 1.29 is 9.47 Å². The van der Waals surface area contributed by atoms with Gasteiger partial charge >= 0.3 is 0 Å². The highest BCUT2D eigenvalue weighted by molar-refractivity contribution is 6.66. The quantitative estimate of drug-likeness (QED) is 0.477. The number of ether oxygens (including phenoxy) is 2. The van der Waals surface area contributed by atoms with Crippen molar-refractivity contribution in [2.75, 3.05) is 13.2 Å². The first-order valence-corrected chi connectivity index (χ1v) is 7.95. The Morgan fingerprint density at radius 3 is 2.15 bits per heavy atom. The van der Waals surface area contributed by atoms with E-state index < -0.39 is 3.79 Å². The molecular weight excluding hydrogens is 321 g/mol. The van der Waals surface area contributed by atoms with Gasteiger partial charge in [-0.2, -0.15) is 0 Å². The monoisotopic (exact) mass is 339 g/mol. The third-order valence-corrected chi connectivity index (χ3v) is 3.16. The number of hydrogen-bond donors (Lipinski definition) is 0. The van der Waals surface area contributed by atoms with Gasteiger partial charge in [0.1, 0.15) is 5.75 Å². The van der Waals surface area contributed by atoms with Gasteiger partial charge < -0.3 is 9.47 Å². The molecule has 3 nitrogen and oxygen atoms in total. The molecule has 0 radical (unpaired) electrons. The molecule has 20 heavy (non-hydrogen) atoms. The molecule has 0 spiro atoms. The Bertz CT molecular complexity index is 380. The van der Waals surface area contributed by atoms with Crippen molar-refractivity contribution in [3.05, 3.63) is 17.8 Å². The second-order valence-electron chi connectivity index (χ2n) is 4.43. The van der Waals surface area contributed by atoms with Gasteiger partial charge in [0.15, 0.2) is 0 Å². The minimum Gasteiger partial charge on any atom is -0.493 e. The summed E-state index contributed by atoms with van der Waals surface area (Å²) in [6.07, 6.45) is 4.02. The molecule has 1 aromatic rings. The minimum absolute atomic E-state index is 0.308. The fraction of sp³-hybridized carbons (Fsp3) is 0.643. The summed E-state index contributed by atoms with van der Waals surface area (Å²) in [7, 11) is 0.